The van der Waals surface area contributed by atoms with Gasteiger partial charge in [0, 0.05) is 11.4 Å². The molecule has 0 bridgehead atoms. The number of ether oxygens (including phenoxy) is 1. The number of carbonyl (C=O) groups is 1. The molecule has 2 N–H and O–H groups in total. The first-order valence-electron chi connectivity index (χ1n) is 8.33. The summed E-state index contributed by atoms with van der Waals surface area (Å²) >= 11 is 0. The number of rotatable bonds is 6. The lowest BCUT2D eigenvalue weighted by Crippen LogP contribution is -2.14. The largest absolute Gasteiger partial charge is 0.494 e. The molecule has 1 amide bonds. The van der Waals surface area contributed by atoms with E-state index >= 15 is 0 Å². The Morgan fingerprint density at radius 1 is 1.00 bits per heavy atom. The quantitative estimate of drug-likeness (QED) is 0.695. The monoisotopic (exact) mass is 359 g/mol. The number of nitriles is 1. The van der Waals surface area contributed by atoms with Gasteiger partial charge in [-0.15, -0.1) is 10.2 Å². The number of carbonyl (C=O) groups excluding carboxylic acids is 1. The van der Waals surface area contributed by atoms with Gasteiger partial charge < -0.3 is 15.4 Å². The maximum atomic E-state index is 12.3. The zero-order valence-corrected chi connectivity index (χ0v) is 14.6. The highest BCUT2D eigenvalue weighted by molar-refractivity contribution is 6.02. The maximum absolute atomic E-state index is 12.3. The van der Waals surface area contributed by atoms with Crippen LogP contribution in [-0.4, -0.2) is 22.7 Å². The summed E-state index contributed by atoms with van der Waals surface area (Å²) in [6.07, 6.45) is 0. The minimum atomic E-state index is -0.350. The molecule has 0 saturated carbocycles. The van der Waals surface area contributed by atoms with Crippen LogP contribution in [0, 0.1) is 11.3 Å². The Labute approximate surface area is 156 Å². The Morgan fingerprint density at radius 3 is 2.30 bits per heavy atom. The van der Waals surface area contributed by atoms with Crippen LogP contribution in [0.3, 0.4) is 0 Å². The number of benzene rings is 2. The molecule has 0 spiro atoms. The highest BCUT2D eigenvalue weighted by Crippen LogP contribution is 2.17. The molecular weight excluding hydrogens is 342 g/mol. The number of hydrogen-bond acceptors (Lipinski definition) is 6. The first-order valence-corrected chi connectivity index (χ1v) is 8.33. The molecule has 27 heavy (non-hydrogen) atoms. The summed E-state index contributed by atoms with van der Waals surface area (Å²) in [6, 6.07) is 19.4. The fraction of sp³-hybridized carbons (Fsp3) is 0.100. The molecule has 0 fully saturated rings. The molecule has 1 aromatic heterocycles. The number of nitrogens with one attached hydrogen (secondary N) is 2. The minimum Gasteiger partial charge on any atom is -0.494 e. The predicted molar refractivity (Wildman–Crippen MR) is 102 cm³/mol. The normalized spacial score (nSPS) is 9.93. The van der Waals surface area contributed by atoms with Crippen LogP contribution < -0.4 is 15.4 Å². The minimum absolute atomic E-state index is 0.203. The fourth-order valence-corrected chi connectivity index (χ4v) is 2.29. The van der Waals surface area contributed by atoms with Crippen molar-refractivity contribution in [2.75, 3.05) is 17.2 Å². The van der Waals surface area contributed by atoms with Crippen molar-refractivity contribution in [3.8, 4) is 11.8 Å². The van der Waals surface area contributed by atoms with Gasteiger partial charge in [0.2, 0.25) is 0 Å². The Kier molecular flexibility index (Phi) is 5.60. The maximum Gasteiger partial charge on any atom is 0.276 e. The molecule has 0 aliphatic rings. The van der Waals surface area contributed by atoms with Gasteiger partial charge in [-0.1, -0.05) is 0 Å². The molecule has 0 aliphatic carbocycles. The topological polar surface area (TPSA) is 99.9 Å². The second-order valence-corrected chi connectivity index (χ2v) is 5.53. The molecule has 134 valence electrons. The summed E-state index contributed by atoms with van der Waals surface area (Å²) in [4.78, 5) is 12.3. The van der Waals surface area contributed by atoms with E-state index in [4.69, 9.17) is 10.00 Å². The standard InChI is InChI=1S/C20H17N5O2/c1-2-27-17-9-7-16(8-10-17)23-20(26)18-11-12-19(25-24-18)22-15-5-3-14(13-21)4-6-15/h3-12H,2H2,1H3,(H,22,25)(H,23,26). The fourth-order valence-electron chi connectivity index (χ4n) is 2.29. The van der Waals surface area contributed by atoms with E-state index in [2.05, 4.69) is 26.9 Å². The molecule has 2 aromatic carbocycles. The summed E-state index contributed by atoms with van der Waals surface area (Å²) in [5.41, 5.74) is 2.20. The zero-order chi connectivity index (χ0) is 19.1. The van der Waals surface area contributed by atoms with Gasteiger partial charge >= 0.3 is 0 Å². The van der Waals surface area contributed by atoms with Crippen molar-refractivity contribution < 1.29 is 9.53 Å². The smallest absolute Gasteiger partial charge is 0.276 e. The van der Waals surface area contributed by atoms with E-state index in [9.17, 15) is 4.79 Å². The molecule has 0 aliphatic heterocycles. The average Bonchev–Trinajstić information content (AvgIpc) is 2.71. The second-order valence-electron chi connectivity index (χ2n) is 5.53. The van der Waals surface area contributed by atoms with E-state index in [1.54, 1.807) is 60.7 Å². The molecule has 7 nitrogen and oxygen atoms in total. The molecule has 3 aromatic rings. The lowest BCUT2D eigenvalue weighted by atomic mass is 10.2. The van der Waals surface area contributed by atoms with E-state index < -0.39 is 0 Å². The molecule has 3 rings (SSSR count). The molecular formula is C20H17N5O2. The van der Waals surface area contributed by atoms with E-state index in [1.165, 1.54) is 0 Å². The number of amides is 1. The number of nitrogens with zero attached hydrogens (tertiary/aromatic N) is 3. The molecule has 0 unspecified atom stereocenters. The third-order valence-electron chi connectivity index (χ3n) is 3.61. The van der Waals surface area contributed by atoms with Crippen LogP contribution >= 0.6 is 0 Å². The summed E-state index contributed by atoms with van der Waals surface area (Å²) in [6.45, 7) is 2.50. The first-order chi connectivity index (χ1) is 13.2. The van der Waals surface area contributed by atoms with Crippen LogP contribution in [0.5, 0.6) is 5.75 Å². The van der Waals surface area contributed by atoms with Crippen molar-refractivity contribution >= 4 is 23.1 Å². The zero-order valence-electron chi connectivity index (χ0n) is 14.6. The van der Waals surface area contributed by atoms with Crippen molar-refractivity contribution in [2.45, 2.75) is 6.92 Å². The second kappa shape index (κ2) is 8.45. The first kappa shape index (κ1) is 17.9. The van der Waals surface area contributed by atoms with Gasteiger partial charge in [-0.3, -0.25) is 4.79 Å². The van der Waals surface area contributed by atoms with Crippen molar-refractivity contribution in [1.82, 2.24) is 10.2 Å². The summed E-state index contributed by atoms with van der Waals surface area (Å²) < 4.78 is 5.37. The van der Waals surface area contributed by atoms with Crippen LogP contribution in [0.4, 0.5) is 17.2 Å². The highest BCUT2D eigenvalue weighted by Gasteiger charge is 2.09. The molecule has 1 heterocycles. The highest BCUT2D eigenvalue weighted by atomic mass is 16.5. The predicted octanol–water partition coefficient (Wildman–Crippen LogP) is 3.74. The van der Waals surface area contributed by atoms with Gasteiger partial charge in [-0.2, -0.15) is 5.26 Å². The molecule has 0 saturated heterocycles. The van der Waals surface area contributed by atoms with Gasteiger partial charge in [-0.25, -0.2) is 0 Å². The molecule has 0 atom stereocenters. The van der Waals surface area contributed by atoms with E-state index in [0.29, 0.717) is 23.7 Å². The van der Waals surface area contributed by atoms with Gasteiger partial charge in [-0.05, 0) is 67.6 Å². The number of aromatic nitrogens is 2. The Morgan fingerprint density at radius 2 is 1.70 bits per heavy atom. The lowest BCUT2D eigenvalue weighted by molar-refractivity contribution is 0.102. The van der Waals surface area contributed by atoms with Crippen molar-refractivity contribution in [1.29, 1.82) is 5.26 Å². The van der Waals surface area contributed by atoms with Crippen molar-refractivity contribution in [2.24, 2.45) is 0 Å². The Hall–Kier alpha value is -3.92. The van der Waals surface area contributed by atoms with E-state index in [1.807, 2.05) is 6.92 Å². The molecule has 7 heteroatoms. The Balaban J connectivity index is 1.61. The number of anilines is 3. The van der Waals surface area contributed by atoms with Crippen LogP contribution in [0.25, 0.3) is 0 Å². The number of hydrogen-bond donors (Lipinski definition) is 2. The van der Waals surface area contributed by atoms with Crippen LogP contribution in [0.15, 0.2) is 60.7 Å². The van der Waals surface area contributed by atoms with Crippen LogP contribution in [-0.2, 0) is 0 Å². The van der Waals surface area contributed by atoms with Gasteiger partial charge in [0.05, 0.1) is 18.2 Å². The molecule has 0 radical (unpaired) electrons. The lowest BCUT2D eigenvalue weighted by Gasteiger charge is -2.08. The van der Waals surface area contributed by atoms with Crippen LogP contribution in [0.1, 0.15) is 23.0 Å². The van der Waals surface area contributed by atoms with E-state index in [-0.39, 0.29) is 11.6 Å². The average molecular weight is 359 g/mol. The third-order valence-corrected chi connectivity index (χ3v) is 3.61. The van der Waals surface area contributed by atoms with Gasteiger partial charge in [0.15, 0.2) is 11.5 Å². The van der Waals surface area contributed by atoms with Crippen molar-refractivity contribution in [3.63, 3.8) is 0 Å². The third kappa shape index (κ3) is 4.80. The Bertz CT molecular complexity index is 946. The summed E-state index contributed by atoms with van der Waals surface area (Å²) in [5.74, 6) is 0.891. The van der Waals surface area contributed by atoms with Crippen molar-refractivity contribution in [3.05, 3.63) is 71.9 Å². The van der Waals surface area contributed by atoms with Crippen LogP contribution in [0.2, 0.25) is 0 Å². The van der Waals surface area contributed by atoms with Gasteiger partial charge in [0.1, 0.15) is 5.75 Å². The van der Waals surface area contributed by atoms with Gasteiger partial charge in [0.25, 0.3) is 5.91 Å². The summed E-state index contributed by atoms with van der Waals surface area (Å²) in [5, 5.41) is 22.6. The summed E-state index contributed by atoms with van der Waals surface area (Å²) in [7, 11) is 0. The van der Waals surface area contributed by atoms with E-state index in [0.717, 1.165) is 11.4 Å². The SMILES string of the molecule is CCOc1ccc(NC(=O)c2ccc(Nc3ccc(C#N)cc3)nn2)cc1.